The van der Waals surface area contributed by atoms with Gasteiger partial charge in [0.2, 0.25) is 5.91 Å². The first-order valence-corrected chi connectivity index (χ1v) is 28.5. The van der Waals surface area contributed by atoms with E-state index in [2.05, 4.69) is 60.8 Å². The lowest BCUT2D eigenvalue weighted by Crippen LogP contribution is -2.51. The molecule has 0 heterocycles. The van der Waals surface area contributed by atoms with Crippen LogP contribution in [0.1, 0.15) is 239 Å². The molecule has 4 unspecified atom stereocenters. The summed E-state index contributed by atoms with van der Waals surface area (Å²) in [6.45, 7) is 4.37. The Morgan fingerprint density at radius 1 is 0.554 bits per heavy atom. The Morgan fingerprint density at radius 2 is 0.938 bits per heavy atom. The molecule has 10 heteroatoms. The van der Waals surface area contributed by atoms with E-state index in [-0.39, 0.29) is 18.9 Å². The predicted molar refractivity (Wildman–Crippen MR) is 278 cm³/mol. The molecule has 4 N–H and O–H groups in total. The smallest absolute Gasteiger partial charge is 0.390 e. The zero-order chi connectivity index (χ0) is 48.0. The van der Waals surface area contributed by atoms with Crippen LogP contribution in [0.5, 0.6) is 0 Å². The summed E-state index contributed by atoms with van der Waals surface area (Å²) in [5.74, 6) is -0.273. The minimum absolute atomic E-state index is 0.0122. The van der Waals surface area contributed by atoms with Crippen LogP contribution in [-0.4, -0.2) is 84.6 Å². The maximum absolute atomic E-state index is 13.0. The molecule has 0 saturated carbocycles. The zero-order valence-corrected chi connectivity index (χ0v) is 44.0. The second-order valence-corrected chi connectivity index (χ2v) is 21.2. The number of nitrogens with zero attached hydrogens (tertiary/aromatic N) is 1. The fraction of sp³-hybridized carbons (Fsp3) is 0.836. The quantitative estimate of drug-likeness (QED) is 0.0207. The summed E-state index contributed by atoms with van der Waals surface area (Å²) < 4.78 is 23.5. The molecule has 0 aliphatic carbocycles. The second kappa shape index (κ2) is 46.2. The number of nitrogens with one attached hydrogen (secondary N) is 1. The Kier molecular flexibility index (Phi) is 45.0. The summed E-state index contributed by atoms with van der Waals surface area (Å²) in [6, 6.07) is -1.06. The zero-order valence-electron chi connectivity index (χ0n) is 43.1. The number of rotatable bonds is 49. The molecule has 1 amide bonds. The van der Waals surface area contributed by atoms with Crippen molar-refractivity contribution in [1.82, 2.24) is 5.32 Å². The lowest BCUT2D eigenvalue weighted by atomic mass is 10.0. The second-order valence-electron chi connectivity index (χ2n) is 19.7. The van der Waals surface area contributed by atoms with E-state index in [1.54, 1.807) is 0 Å². The summed E-state index contributed by atoms with van der Waals surface area (Å²) in [5.41, 5.74) is 0. The van der Waals surface area contributed by atoms with Gasteiger partial charge in [-0.1, -0.05) is 197 Å². The van der Waals surface area contributed by atoms with Gasteiger partial charge in [0.25, 0.3) is 0 Å². The molecule has 0 radical (unpaired) electrons. The molecule has 0 bridgehead atoms. The lowest BCUT2D eigenvalue weighted by Gasteiger charge is -2.28. The topological polar surface area (TPSA) is 125 Å². The molecule has 0 aliphatic heterocycles. The van der Waals surface area contributed by atoms with Crippen LogP contribution in [0.15, 0.2) is 48.6 Å². The van der Waals surface area contributed by atoms with Gasteiger partial charge < -0.3 is 24.9 Å². The highest BCUT2D eigenvalue weighted by Crippen LogP contribution is 2.43. The van der Waals surface area contributed by atoms with Crippen molar-refractivity contribution >= 4 is 13.7 Å². The number of unbranched alkanes of at least 4 members (excludes halogenated alkanes) is 28. The third-order valence-electron chi connectivity index (χ3n) is 12.2. The Labute approximate surface area is 402 Å². The largest absolute Gasteiger partial charge is 0.472 e. The van der Waals surface area contributed by atoms with Gasteiger partial charge in [-0.25, -0.2) is 4.57 Å². The van der Waals surface area contributed by atoms with Crippen LogP contribution in [0.2, 0.25) is 0 Å². The molecule has 0 aromatic carbocycles. The number of allylic oxidation sites excluding steroid dienone is 8. The van der Waals surface area contributed by atoms with Gasteiger partial charge in [0.05, 0.1) is 39.9 Å². The van der Waals surface area contributed by atoms with E-state index >= 15 is 0 Å². The van der Waals surface area contributed by atoms with Gasteiger partial charge in [-0.3, -0.25) is 13.8 Å². The van der Waals surface area contributed by atoms with Gasteiger partial charge in [-0.05, 0) is 84.0 Å². The van der Waals surface area contributed by atoms with Crippen LogP contribution in [-0.2, 0) is 18.4 Å². The molecule has 0 rings (SSSR count). The van der Waals surface area contributed by atoms with E-state index in [0.717, 1.165) is 51.4 Å². The third-order valence-corrected chi connectivity index (χ3v) is 13.2. The number of likely N-dealkylation sites (N-methyl/N-ethyl adjacent to an activating group) is 1. The number of amides is 1. The van der Waals surface area contributed by atoms with Crippen LogP contribution < -0.4 is 5.32 Å². The van der Waals surface area contributed by atoms with Gasteiger partial charge in [0.15, 0.2) is 0 Å². The summed E-state index contributed by atoms with van der Waals surface area (Å²) >= 11 is 0. The lowest BCUT2D eigenvalue weighted by molar-refractivity contribution is -0.870. The van der Waals surface area contributed by atoms with Gasteiger partial charge >= 0.3 is 7.82 Å². The molecule has 0 aromatic heterocycles. The monoisotopic (exact) mass is 938 g/mol. The summed E-state index contributed by atoms with van der Waals surface area (Å²) in [4.78, 5) is 23.3. The standard InChI is InChI=1S/C55H105N2O7P/c1-6-8-10-12-14-16-18-20-21-22-23-24-25-26-27-28-29-30-31-32-33-34-35-36-38-40-42-44-46-48-54(59)56-52(51-64-65(61,62)63-50-49-57(3,4)5)55(60)53(58)47-45-43-41-39-37-19-17-15-13-11-9-7-2/h7,9,15,17,22-23,39,41,52-53,55,58,60H,6,8,10-14,16,18-21,24-38,40,42-51H2,1-5H3,(H-,56,59,61,62)/p+1/b9-7+,17-15+,23-22-,41-39+. The van der Waals surface area contributed by atoms with E-state index in [4.69, 9.17) is 9.05 Å². The van der Waals surface area contributed by atoms with Crippen LogP contribution in [0.3, 0.4) is 0 Å². The summed E-state index contributed by atoms with van der Waals surface area (Å²) in [7, 11) is 1.41. The Morgan fingerprint density at radius 3 is 1.37 bits per heavy atom. The number of phosphoric ester groups is 1. The van der Waals surface area contributed by atoms with Gasteiger partial charge in [-0.15, -0.1) is 0 Å². The Balaban J connectivity index is 4.17. The molecular formula is C55H106N2O7P+. The molecule has 0 fully saturated rings. The first-order valence-electron chi connectivity index (χ1n) is 27.1. The molecule has 0 saturated heterocycles. The van der Waals surface area contributed by atoms with Crippen LogP contribution in [0.4, 0.5) is 0 Å². The number of hydrogen-bond donors (Lipinski definition) is 4. The minimum Gasteiger partial charge on any atom is -0.390 e. The van der Waals surface area contributed by atoms with E-state index in [1.165, 1.54) is 154 Å². The van der Waals surface area contributed by atoms with Crippen molar-refractivity contribution < 1.29 is 38.0 Å². The molecule has 382 valence electrons. The highest BCUT2D eigenvalue weighted by atomic mass is 31.2. The van der Waals surface area contributed by atoms with Crippen molar-refractivity contribution in [1.29, 1.82) is 0 Å². The molecule has 4 atom stereocenters. The van der Waals surface area contributed by atoms with E-state index < -0.39 is 32.7 Å². The average molecular weight is 938 g/mol. The van der Waals surface area contributed by atoms with E-state index in [9.17, 15) is 24.5 Å². The van der Waals surface area contributed by atoms with E-state index in [0.29, 0.717) is 23.9 Å². The average Bonchev–Trinajstić information content (AvgIpc) is 3.26. The van der Waals surface area contributed by atoms with Crippen LogP contribution in [0.25, 0.3) is 0 Å². The minimum atomic E-state index is -4.43. The SMILES string of the molecule is C/C=C/CC/C=C/CC/C=C/CCCC(O)C(O)C(COP(=O)(O)OCC[N+](C)(C)C)NC(=O)CCCCCCCCCCCCCCCCCCC/C=C\CCCCCCCCCC. The number of aliphatic hydroxyl groups excluding tert-OH is 2. The van der Waals surface area contributed by atoms with Crippen molar-refractivity contribution in [3.05, 3.63) is 48.6 Å². The normalized spacial score (nSPS) is 14.9. The highest BCUT2D eigenvalue weighted by Gasteiger charge is 2.31. The maximum atomic E-state index is 13.0. The first-order chi connectivity index (χ1) is 31.4. The molecule has 0 aliphatic rings. The number of carbonyl (C=O) groups excluding carboxylic acids is 1. The summed E-state index contributed by atoms with van der Waals surface area (Å²) in [5, 5.41) is 24.7. The molecular weight excluding hydrogens is 832 g/mol. The van der Waals surface area contributed by atoms with E-state index in [1.807, 2.05) is 28.1 Å². The maximum Gasteiger partial charge on any atom is 0.472 e. The number of carbonyl (C=O) groups is 1. The number of hydrogen-bond acceptors (Lipinski definition) is 6. The first kappa shape index (κ1) is 63.4. The summed E-state index contributed by atoms with van der Waals surface area (Å²) in [6.07, 6.45) is 56.5. The third kappa shape index (κ3) is 47.3. The number of quaternary nitrogens is 1. The van der Waals surface area contributed by atoms with Gasteiger partial charge in [0, 0.05) is 6.42 Å². The van der Waals surface area contributed by atoms with Gasteiger partial charge in [0.1, 0.15) is 19.3 Å². The van der Waals surface area contributed by atoms with Crippen molar-refractivity contribution in [3.63, 3.8) is 0 Å². The molecule has 65 heavy (non-hydrogen) atoms. The van der Waals surface area contributed by atoms with Crippen molar-refractivity contribution in [2.75, 3.05) is 40.9 Å². The fourth-order valence-corrected chi connectivity index (χ4v) is 8.62. The van der Waals surface area contributed by atoms with Crippen molar-refractivity contribution in [3.8, 4) is 0 Å². The van der Waals surface area contributed by atoms with Crippen molar-refractivity contribution in [2.24, 2.45) is 0 Å². The molecule has 0 aromatic rings. The Bertz CT molecular complexity index is 1220. The fourth-order valence-electron chi connectivity index (χ4n) is 7.88. The Hall–Kier alpha value is -1.58. The van der Waals surface area contributed by atoms with Crippen LogP contribution >= 0.6 is 7.82 Å². The van der Waals surface area contributed by atoms with Crippen LogP contribution in [0, 0.1) is 0 Å². The molecule has 9 nitrogen and oxygen atoms in total. The number of phosphoric acid groups is 1. The van der Waals surface area contributed by atoms with Gasteiger partial charge in [-0.2, -0.15) is 0 Å². The van der Waals surface area contributed by atoms with Crippen molar-refractivity contribution in [2.45, 2.75) is 257 Å². The highest BCUT2D eigenvalue weighted by molar-refractivity contribution is 7.47. The number of aliphatic hydroxyl groups is 2. The predicted octanol–water partition coefficient (Wildman–Crippen LogP) is 15.0. The molecule has 0 spiro atoms.